The number of thioether (sulfide) groups is 4. The first kappa shape index (κ1) is 26.4. The highest BCUT2D eigenvalue weighted by molar-refractivity contribution is 8.27. The van der Waals surface area contributed by atoms with Crippen LogP contribution in [0.2, 0.25) is 0 Å². The van der Waals surface area contributed by atoms with Crippen molar-refractivity contribution in [3.8, 4) is 0 Å². The van der Waals surface area contributed by atoms with Gasteiger partial charge in [-0.3, -0.25) is 14.4 Å². The molecule has 0 aromatic heterocycles. The molecule has 0 saturated carbocycles. The van der Waals surface area contributed by atoms with E-state index in [1.165, 1.54) is 47.0 Å². The van der Waals surface area contributed by atoms with Gasteiger partial charge in [-0.1, -0.05) is 47.0 Å². The molecule has 12 heteroatoms. The molecule has 0 aromatic carbocycles. The van der Waals surface area contributed by atoms with Crippen LogP contribution in [0.1, 0.15) is 26.7 Å². The minimum Gasteiger partial charge on any atom is -0.459 e. The normalized spacial score (nSPS) is 22.8. The van der Waals surface area contributed by atoms with Crippen molar-refractivity contribution in [3.63, 3.8) is 0 Å². The van der Waals surface area contributed by atoms with Gasteiger partial charge in [-0.15, -0.1) is 12.4 Å². The lowest BCUT2D eigenvalue weighted by Gasteiger charge is -2.15. The number of nitrogens with one attached hydrogen (secondary N) is 1. The average Bonchev–Trinajstić information content (AvgIpc) is 3.34. The zero-order valence-electron chi connectivity index (χ0n) is 15.9. The summed E-state index contributed by atoms with van der Waals surface area (Å²) in [6, 6.07) is -0.681. The molecule has 2 fully saturated rings. The monoisotopic (exact) mass is 498 g/mol. The molecule has 3 rings (SSSR count). The van der Waals surface area contributed by atoms with Gasteiger partial charge in [0.1, 0.15) is 5.57 Å². The van der Waals surface area contributed by atoms with Crippen molar-refractivity contribution in [1.29, 1.82) is 0 Å². The number of ether oxygens (including phenoxy) is 1. The maximum absolute atomic E-state index is 12.4. The van der Waals surface area contributed by atoms with Gasteiger partial charge in [0.15, 0.2) is 0 Å². The van der Waals surface area contributed by atoms with Crippen molar-refractivity contribution >= 4 is 81.6 Å². The van der Waals surface area contributed by atoms with E-state index in [4.69, 9.17) is 10.5 Å². The molecule has 2 saturated heterocycles. The summed E-state index contributed by atoms with van der Waals surface area (Å²) in [7, 11) is 0. The van der Waals surface area contributed by atoms with E-state index in [1.807, 2.05) is 0 Å². The third-order valence-electron chi connectivity index (χ3n) is 3.60. The highest BCUT2D eigenvalue weighted by Gasteiger charge is 2.32. The molecule has 3 heterocycles. The summed E-state index contributed by atoms with van der Waals surface area (Å²) in [4.78, 5) is 46.5. The molecule has 0 bridgehead atoms. The van der Waals surface area contributed by atoms with Gasteiger partial charge in [0.05, 0.1) is 22.4 Å². The molecule has 0 aromatic rings. The van der Waals surface area contributed by atoms with E-state index in [9.17, 15) is 19.2 Å². The Morgan fingerprint density at radius 2 is 1.69 bits per heavy atom. The van der Waals surface area contributed by atoms with E-state index in [0.29, 0.717) is 16.4 Å². The maximum atomic E-state index is 12.4. The van der Waals surface area contributed by atoms with E-state index in [-0.39, 0.29) is 40.4 Å². The third kappa shape index (κ3) is 8.22. The van der Waals surface area contributed by atoms with Crippen molar-refractivity contribution in [2.75, 3.05) is 11.5 Å². The topological polar surface area (TPSA) is 116 Å². The lowest BCUT2D eigenvalue weighted by Crippen LogP contribution is -2.40. The molecule has 3 aliphatic heterocycles. The van der Waals surface area contributed by atoms with E-state index in [1.54, 1.807) is 24.7 Å². The SMILES string of the molecule is CC(C)OC(=O)C(C(=O)NC1CCSC1=O)=C1SC=CS1.Cl.N[C@H]1CCSC1=O. The van der Waals surface area contributed by atoms with Crippen LogP contribution in [0.5, 0.6) is 0 Å². The van der Waals surface area contributed by atoms with Gasteiger partial charge in [-0.05, 0) is 37.5 Å². The molecule has 2 atom stereocenters. The lowest BCUT2D eigenvalue weighted by atomic mass is 10.2. The van der Waals surface area contributed by atoms with Gasteiger partial charge in [0.2, 0.25) is 10.2 Å². The Labute approximate surface area is 192 Å². The summed E-state index contributed by atoms with van der Waals surface area (Å²) >= 11 is 5.15. The molecule has 162 valence electrons. The van der Waals surface area contributed by atoms with Crippen molar-refractivity contribution in [3.05, 3.63) is 20.6 Å². The summed E-state index contributed by atoms with van der Waals surface area (Å²) in [6.45, 7) is 3.45. The fraction of sp³-hybridized carbons (Fsp3) is 0.529. The molecule has 29 heavy (non-hydrogen) atoms. The van der Waals surface area contributed by atoms with Crippen LogP contribution in [0.4, 0.5) is 0 Å². The van der Waals surface area contributed by atoms with Gasteiger partial charge >= 0.3 is 5.97 Å². The Bertz CT molecular complexity index is 704. The van der Waals surface area contributed by atoms with Crippen LogP contribution in [0.25, 0.3) is 0 Å². The molecule has 3 aliphatic rings. The lowest BCUT2D eigenvalue weighted by molar-refractivity contribution is -0.144. The fourth-order valence-electron chi connectivity index (χ4n) is 2.24. The molecule has 3 N–H and O–H groups in total. The van der Waals surface area contributed by atoms with Crippen LogP contribution in [0, 0.1) is 0 Å². The summed E-state index contributed by atoms with van der Waals surface area (Å²) in [5.41, 5.74) is 5.29. The predicted molar refractivity (Wildman–Crippen MR) is 124 cm³/mol. The summed E-state index contributed by atoms with van der Waals surface area (Å²) < 4.78 is 5.71. The van der Waals surface area contributed by atoms with Crippen LogP contribution < -0.4 is 11.1 Å². The number of amides is 1. The van der Waals surface area contributed by atoms with Crippen LogP contribution in [-0.4, -0.2) is 51.8 Å². The second-order valence-electron chi connectivity index (χ2n) is 6.17. The number of nitrogens with two attached hydrogens (primary N) is 1. The fourth-order valence-corrected chi connectivity index (χ4v) is 5.91. The highest BCUT2D eigenvalue weighted by Crippen LogP contribution is 2.40. The van der Waals surface area contributed by atoms with Gasteiger partial charge in [-0.25, -0.2) is 4.79 Å². The second kappa shape index (κ2) is 13.0. The molecule has 0 spiro atoms. The standard InChI is InChI=1S/C13H15NO4S3.C4H7NOS.ClH/c1-7(2)18-11(16)9(13-20-5-6-21-13)10(15)14-8-3-4-19-12(8)17;5-3-1-2-7-4(3)6;/h5-8H,3-4H2,1-2H3,(H,14,15);3H,1-2,5H2;1H/t;3-;/m.0./s1. The van der Waals surface area contributed by atoms with Gasteiger partial charge in [0.25, 0.3) is 5.91 Å². The Hall–Kier alpha value is -0.590. The minimum absolute atomic E-state index is 0. The largest absolute Gasteiger partial charge is 0.459 e. The number of carbonyl (C=O) groups excluding carboxylic acids is 4. The molecule has 0 aliphatic carbocycles. The predicted octanol–water partition coefficient (Wildman–Crippen LogP) is 2.65. The van der Waals surface area contributed by atoms with Gasteiger partial charge in [-0.2, -0.15) is 0 Å². The van der Waals surface area contributed by atoms with E-state index < -0.39 is 17.9 Å². The zero-order chi connectivity index (χ0) is 20.7. The summed E-state index contributed by atoms with van der Waals surface area (Å²) in [5, 5.41) is 6.33. The number of hydrogen-bond donors (Lipinski definition) is 2. The molecule has 1 unspecified atom stereocenters. The number of esters is 1. The minimum atomic E-state index is -0.653. The molecular weight excluding hydrogens is 476 g/mol. The summed E-state index contributed by atoms with van der Waals surface area (Å²) in [6.07, 6.45) is 1.15. The first-order chi connectivity index (χ1) is 13.3. The molecule has 1 amide bonds. The highest BCUT2D eigenvalue weighted by atomic mass is 35.5. The molecule has 7 nitrogen and oxygen atoms in total. The number of carbonyl (C=O) groups is 4. The number of halogens is 1. The van der Waals surface area contributed by atoms with E-state index in [0.717, 1.165) is 12.2 Å². The Morgan fingerprint density at radius 1 is 1.10 bits per heavy atom. The van der Waals surface area contributed by atoms with E-state index in [2.05, 4.69) is 5.32 Å². The molecule has 0 radical (unpaired) electrons. The van der Waals surface area contributed by atoms with Gasteiger partial charge < -0.3 is 15.8 Å². The first-order valence-electron chi connectivity index (χ1n) is 8.63. The second-order valence-corrected chi connectivity index (χ2v) is 10.5. The van der Waals surface area contributed by atoms with Crippen molar-refractivity contribution < 1.29 is 23.9 Å². The maximum Gasteiger partial charge on any atom is 0.345 e. The van der Waals surface area contributed by atoms with Crippen LogP contribution in [0.3, 0.4) is 0 Å². The quantitative estimate of drug-likeness (QED) is 0.259. The average molecular weight is 499 g/mol. The Kier molecular flexibility index (Phi) is 11.8. The van der Waals surface area contributed by atoms with E-state index >= 15 is 0 Å². The van der Waals surface area contributed by atoms with Crippen LogP contribution >= 0.6 is 59.5 Å². The molecular formula is C17H23ClN2O5S4. The van der Waals surface area contributed by atoms with Crippen molar-refractivity contribution in [2.45, 2.75) is 44.9 Å². The van der Waals surface area contributed by atoms with Crippen LogP contribution in [0.15, 0.2) is 20.6 Å². The Balaban J connectivity index is 0.000000445. The third-order valence-corrected chi connectivity index (χ3v) is 7.77. The van der Waals surface area contributed by atoms with Crippen molar-refractivity contribution in [2.24, 2.45) is 5.73 Å². The van der Waals surface area contributed by atoms with Crippen LogP contribution in [-0.2, 0) is 23.9 Å². The van der Waals surface area contributed by atoms with Gasteiger partial charge in [0, 0.05) is 11.5 Å². The number of rotatable bonds is 4. The Morgan fingerprint density at radius 3 is 2.10 bits per heavy atom. The van der Waals surface area contributed by atoms with Crippen molar-refractivity contribution in [1.82, 2.24) is 5.32 Å². The number of hydrogen-bond acceptors (Lipinski definition) is 10. The smallest absolute Gasteiger partial charge is 0.345 e. The summed E-state index contributed by atoms with van der Waals surface area (Å²) in [5.74, 6) is 0.413. The first-order valence-corrected chi connectivity index (χ1v) is 12.4. The zero-order valence-corrected chi connectivity index (χ0v) is 20.0.